The predicted octanol–water partition coefficient (Wildman–Crippen LogP) is 2.77. The summed E-state index contributed by atoms with van der Waals surface area (Å²) in [6.07, 6.45) is 2.34. The average molecular weight is 523 g/mol. The summed E-state index contributed by atoms with van der Waals surface area (Å²) in [7, 11) is 1.74. The monoisotopic (exact) mass is 522 g/mol. The molecule has 2 bridgehead atoms. The van der Waals surface area contributed by atoms with Gasteiger partial charge in [0.1, 0.15) is 29.2 Å². The van der Waals surface area contributed by atoms with Crippen molar-refractivity contribution in [2.75, 3.05) is 11.9 Å². The quantitative estimate of drug-likeness (QED) is 0.599. The molecular weight excluding hydrogens is 488 g/mol. The molecule has 2 aliphatic heterocycles. The molecule has 0 radical (unpaired) electrons. The number of likely N-dealkylation sites (N-methyl/N-ethyl adjacent to an activating group) is 1. The fourth-order valence-electron chi connectivity index (χ4n) is 5.82. The second kappa shape index (κ2) is 9.49. The van der Waals surface area contributed by atoms with E-state index in [1.165, 1.54) is 4.90 Å². The van der Waals surface area contributed by atoms with Gasteiger partial charge >= 0.3 is 6.09 Å². The van der Waals surface area contributed by atoms with Crippen LogP contribution in [-0.4, -0.2) is 59.5 Å². The molecule has 202 valence electrons. The maximum absolute atomic E-state index is 13.4. The lowest BCUT2D eigenvalue weighted by Crippen LogP contribution is -2.57. The fourth-order valence-corrected chi connectivity index (χ4v) is 5.82. The number of ether oxygens (including phenoxy) is 1. The molecule has 0 unspecified atom stereocenters. The van der Waals surface area contributed by atoms with Crippen molar-refractivity contribution in [3.63, 3.8) is 0 Å². The molecule has 4 atom stereocenters. The van der Waals surface area contributed by atoms with Crippen molar-refractivity contribution in [1.82, 2.24) is 10.2 Å². The van der Waals surface area contributed by atoms with Crippen LogP contribution in [0.25, 0.3) is 11.3 Å². The van der Waals surface area contributed by atoms with Crippen molar-refractivity contribution in [3.05, 3.63) is 41.7 Å². The van der Waals surface area contributed by atoms with Gasteiger partial charge in [0.15, 0.2) is 0 Å². The van der Waals surface area contributed by atoms with Crippen LogP contribution in [0.1, 0.15) is 51.4 Å². The van der Waals surface area contributed by atoms with Crippen LogP contribution in [0, 0.1) is 5.92 Å². The van der Waals surface area contributed by atoms with Crippen LogP contribution < -0.4 is 16.0 Å². The van der Waals surface area contributed by atoms with Crippen molar-refractivity contribution in [3.8, 4) is 11.3 Å². The summed E-state index contributed by atoms with van der Waals surface area (Å²) >= 11 is 0. The Bertz CT molecular complexity index is 1290. The Kier molecular flexibility index (Phi) is 6.44. The molecule has 38 heavy (non-hydrogen) atoms. The number of nitrogens with two attached hydrogens (primary N) is 1. The molecule has 3 N–H and O–H groups in total. The Morgan fingerprint density at radius 1 is 1.18 bits per heavy atom. The molecule has 10 heteroatoms. The number of rotatable bonds is 6. The van der Waals surface area contributed by atoms with E-state index in [0.717, 1.165) is 36.1 Å². The number of amides is 4. The number of carbonyl (C=O) groups excluding carboxylic acids is 4. The van der Waals surface area contributed by atoms with Gasteiger partial charge in [0.25, 0.3) is 0 Å². The maximum atomic E-state index is 13.4. The largest absolute Gasteiger partial charge is 0.461 e. The van der Waals surface area contributed by atoms with Crippen LogP contribution in [0.3, 0.4) is 0 Å². The highest BCUT2D eigenvalue weighted by atomic mass is 16.6. The first-order valence-electron chi connectivity index (χ1n) is 13.0. The molecule has 3 aliphatic rings. The number of hydrogen-bond acceptors (Lipinski definition) is 6. The first kappa shape index (κ1) is 25.8. The minimum absolute atomic E-state index is 0.0149. The highest BCUT2D eigenvalue weighted by molar-refractivity contribution is 6.01. The predicted molar refractivity (Wildman–Crippen MR) is 139 cm³/mol. The second-order valence-electron chi connectivity index (χ2n) is 11.5. The van der Waals surface area contributed by atoms with Gasteiger partial charge in [-0.25, -0.2) is 4.79 Å². The van der Waals surface area contributed by atoms with Crippen molar-refractivity contribution in [2.24, 2.45) is 11.7 Å². The number of nitrogens with one attached hydrogen (secondary N) is 1. The lowest BCUT2D eigenvalue weighted by Gasteiger charge is -2.36. The van der Waals surface area contributed by atoms with Gasteiger partial charge in [-0.2, -0.15) is 0 Å². The molecule has 2 fully saturated rings. The summed E-state index contributed by atoms with van der Waals surface area (Å²) in [5.74, 6) is 0.00491. The minimum Gasteiger partial charge on any atom is -0.461 e. The molecule has 1 aromatic heterocycles. The van der Waals surface area contributed by atoms with Gasteiger partial charge in [0.2, 0.25) is 17.7 Å². The third-order valence-corrected chi connectivity index (χ3v) is 7.63. The number of furan rings is 1. The zero-order valence-corrected chi connectivity index (χ0v) is 22.2. The molecule has 1 saturated carbocycles. The van der Waals surface area contributed by atoms with Gasteiger partial charge in [-0.15, -0.1) is 0 Å². The highest BCUT2D eigenvalue weighted by Crippen LogP contribution is 2.43. The number of nitrogens with zero attached hydrogens (tertiary/aromatic N) is 2. The molecule has 3 heterocycles. The van der Waals surface area contributed by atoms with E-state index in [1.54, 1.807) is 44.9 Å². The van der Waals surface area contributed by atoms with Crippen LogP contribution in [0.5, 0.6) is 0 Å². The number of likely N-dealkylation sites (tertiary alicyclic amines) is 1. The van der Waals surface area contributed by atoms with Crippen LogP contribution in [0.4, 0.5) is 10.5 Å². The first-order valence-corrected chi connectivity index (χ1v) is 13.0. The summed E-state index contributed by atoms with van der Waals surface area (Å²) in [5.41, 5.74) is 7.57. The van der Waals surface area contributed by atoms with Crippen molar-refractivity contribution in [1.29, 1.82) is 0 Å². The Hall–Kier alpha value is -3.82. The second-order valence-corrected chi connectivity index (χ2v) is 11.5. The normalized spacial score (nSPS) is 22.9. The van der Waals surface area contributed by atoms with Crippen LogP contribution in [0.15, 0.2) is 34.7 Å². The van der Waals surface area contributed by atoms with Crippen LogP contribution >= 0.6 is 0 Å². The van der Waals surface area contributed by atoms with Crippen molar-refractivity contribution < 1.29 is 28.3 Å². The van der Waals surface area contributed by atoms with E-state index in [4.69, 9.17) is 14.9 Å². The molecule has 1 saturated heterocycles. The van der Waals surface area contributed by atoms with E-state index in [2.05, 4.69) is 5.32 Å². The molecule has 2 aromatic rings. The van der Waals surface area contributed by atoms with Crippen molar-refractivity contribution in [2.45, 2.75) is 76.6 Å². The number of primary amides is 1. The maximum Gasteiger partial charge on any atom is 0.411 e. The number of piperidine rings is 1. The first-order chi connectivity index (χ1) is 17.9. The Morgan fingerprint density at radius 3 is 2.66 bits per heavy atom. The third kappa shape index (κ3) is 4.87. The Morgan fingerprint density at radius 2 is 1.95 bits per heavy atom. The van der Waals surface area contributed by atoms with Crippen molar-refractivity contribution >= 4 is 29.5 Å². The molecule has 1 aromatic carbocycles. The van der Waals surface area contributed by atoms with Crippen LogP contribution in [0.2, 0.25) is 0 Å². The summed E-state index contributed by atoms with van der Waals surface area (Å²) in [5, 5.41) is 2.77. The molecule has 1 aliphatic carbocycles. The third-order valence-electron chi connectivity index (χ3n) is 7.63. The lowest BCUT2D eigenvalue weighted by molar-refractivity contribution is -0.132. The van der Waals surface area contributed by atoms with E-state index >= 15 is 0 Å². The average Bonchev–Trinajstić information content (AvgIpc) is 3.62. The highest BCUT2D eigenvalue weighted by Gasteiger charge is 2.52. The molecular formula is C28H34N4O6. The minimum atomic E-state index is -1.01. The molecule has 0 spiro atoms. The van der Waals surface area contributed by atoms with Gasteiger partial charge in [-0.3, -0.25) is 19.3 Å². The number of fused-ring (bicyclic) bond motifs is 3. The van der Waals surface area contributed by atoms with E-state index in [9.17, 15) is 19.2 Å². The number of hydrogen-bond donors (Lipinski definition) is 2. The smallest absolute Gasteiger partial charge is 0.411 e. The zero-order chi connectivity index (χ0) is 27.4. The summed E-state index contributed by atoms with van der Waals surface area (Å²) < 4.78 is 11.6. The summed E-state index contributed by atoms with van der Waals surface area (Å²) in [6, 6.07) is 7.46. The Labute approximate surface area is 221 Å². The number of carbonyl (C=O) groups is 4. The lowest BCUT2D eigenvalue weighted by atomic mass is 9.97. The van der Waals surface area contributed by atoms with E-state index in [1.807, 2.05) is 18.2 Å². The van der Waals surface area contributed by atoms with E-state index < -0.39 is 35.6 Å². The standard InChI is InChI=1S/C28H34N4O6/c1-28(2,3)38-27(36)32-18-8-7-17(11-18)24(32)26(35)30-20(25(29)34)14-19-9-10-22(37-19)16-6-5-15-13-23(33)31(4)21(15)12-16/h5-6,9-10,12,17-18,20,24H,7-8,11,13-14H2,1-4H3,(H2,29,34)(H,30,35)/t17-,18+,20-,24-/m0/s1. The SMILES string of the molecule is CN1C(=O)Cc2ccc(-c3ccc(C[C@H](NC(=O)[C@@H]4[C@H]5CC[C@H](C5)N4C(=O)OC(C)(C)C)C(N)=O)o3)cc21. The van der Waals surface area contributed by atoms with E-state index in [-0.39, 0.29) is 24.3 Å². The van der Waals surface area contributed by atoms with E-state index in [0.29, 0.717) is 17.9 Å². The van der Waals surface area contributed by atoms with Crippen LogP contribution in [-0.2, 0) is 32.0 Å². The number of benzene rings is 1. The number of anilines is 1. The summed E-state index contributed by atoms with van der Waals surface area (Å²) in [6.45, 7) is 5.36. The summed E-state index contributed by atoms with van der Waals surface area (Å²) in [4.78, 5) is 53.8. The zero-order valence-electron chi connectivity index (χ0n) is 22.2. The fraction of sp³-hybridized carbons (Fsp3) is 0.500. The van der Waals surface area contributed by atoms with Gasteiger partial charge < -0.3 is 25.1 Å². The Balaban J connectivity index is 1.29. The van der Waals surface area contributed by atoms with Gasteiger partial charge in [0, 0.05) is 30.8 Å². The van der Waals surface area contributed by atoms with Gasteiger partial charge in [-0.05, 0) is 69.7 Å². The molecule has 4 amide bonds. The van der Waals surface area contributed by atoms with Gasteiger partial charge in [0.05, 0.1) is 6.42 Å². The molecule has 5 rings (SSSR count). The topological polar surface area (TPSA) is 135 Å². The van der Waals surface area contributed by atoms with Gasteiger partial charge in [-0.1, -0.05) is 12.1 Å². The molecule has 10 nitrogen and oxygen atoms in total.